The second-order valence-corrected chi connectivity index (χ2v) is 7.45. The smallest absolute Gasteiger partial charge is 0.205 e. The fourth-order valence-electron chi connectivity index (χ4n) is 3.08. The largest absolute Gasteiger partial charge is 0.399 e. The van der Waals surface area contributed by atoms with Crippen LogP contribution >= 0.6 is 0 Å². The number of hydrogen-bond acceptors (Lipinski definition) is 2. The van der Waals surface area contributed by atoms with E-state index in [2.05, 4.69) is 67.0 Å². The third-order valence-electron chi connectivity index (χ3n) is 4.57. The van der Waals surface area contributed by atoms with E-state index in [1.807, 2.05) is 48.5 Å². The molecule has 0 saturated carbocycles. The van der Waals surface area contributed by atoms with E-state index in [1.165, 1.54) is 0 Å². The molecule has 3 nitrogen and oxygen atoms in total. The lowest BCUT2D eigenvalue weighted by Crippen LogP contribution is -2.42. The van der Waals surface area contributed by atoms with E-state index in [4.69, 9.17) is 11.0 Å². The highest BCUT2D eigenvalue weighted by Crippen LogP contribution is 2.12. The summed E-state index contributed by atoms with van der Waals surface area (Å²) >= 11 is 0. The summed E-state index contributed by atoms with van der Waals surface area (Å²) in [5, 5.41) is 8.95. The van der Waals surface area contributed by atoms with Crippen LogP contribution in [-0.2, 0) is 6.54 Å². The summed E-state index contributed by atoms with van der Waals surface area (Å²) < 4.78 is 2.33. The van der Waals surface area contributed by atoms with Crippen LogP contribution in [0.25, 0.3) is 24.3 Å². The monoisotopic (exact) mass is 380 g/mol. The number of nitriles is 1. The van der Waals surface area contributed by atoms with E-state index in [0.717, 1.165) is 34.7 Å². The van der Waals surface area contributed by atoms with E-state index in [0.29, 0.717) is 11.5 Å². The van der Waals surface area contributed by atoms with Gasteiger partial charge < -0.3 is 5.73 Å². The Morgan fingerprint density at radius 3 is 1.83 bits per heavy atom. The maximum absolute atomic E-state index is 8.95. The molecule has 0 bridgehead atoms. The molecular weight excluding hydrogens is 354 g/mol. The zero-order chi connectivity index (χ0) is 20.6. The van der Waals surface area contributed by atoms with Gasteiger partial charge in [0.05, 0.1) is 11.6 Å². The Bertz CT molecular complexity index is 1050. The van der Waals surface area contributed by atoms with Gasteiger partial charge in [0, 0.05) is 35.9 Å². The minimum absolute atomic E-state index is 0.521. The molecule has 144 valence electrons. The first kappa shape index (κ1) is 20.1. The Balaban J connectivity index is 1.92. The van der Waals surface area contributed by atoms with E-state index in [9.17, 15) is 0 Å². The Morgan fingerprint density at radius 1 is 0.828 bits per heavy atom. The molecule has 0 saturated heterocycles. The van der Waals surface area contributed by atoms with Crippen molar-refractivity contribution in [2.24, 2.45) is 5.92 Å². The topological polar surface area (TPSA) is 53.7 Å². The maximum atomic E-state index is 8.95. The summed E-state index contributed by atoms with van der Waals surface area (Å²) in [6.07, 6.45) is 8.47. The number of nitrogen functional groups attached to an aromatic ring is 1. The van der Waals surface area contributed by atoms with Crippen LogP contribution in [-0.4, -0.2) is 0 Å². The molecule has 0 atom stereocenters. The number of hydrogen-bond donors (Lipinski definition) is 1. The van der Waals surface area contributed by atoms with Gasteiger partial charge in [0.25, 0.3) is 0 Å². The molecule has 3 aromatic rings. The molecule has 1 aromatic heterocycles. The van der Waals surface area contributed by atoms with Crippen molar-refractivity contribution in [2.75, 3.05) is 5.73 Å². The highest BCUT2D eigenvalue weighted by Gasteiger charge is 2.14. The van der Waals surface area contributed by atoms with Crippen molar-refractivity contribution in [3.8, 4) is 6.07 Å². The predicted molar refractivity (Wildman–Crippen MR) is 121 cm³/mol. The Morgan fingerprint density at radius 2 is 1.34 bits per heavy atom. The Hall–Kier alpha value is -3.64. The van der Waals surface area contributed by atoms with Gasteiger partial charge in [0.1, 0.15) is 0 Å². The number of pyridine rings is 1. The molecule has 0 spiro atoms. The first-order valence-electron chi connectivity index (χ1n) is 9.80. The molecule has 0 radical (unpaired) electrons. The van der Waals surface area contributed by atoms with Crippen LogP contribution in [0.3, 0.4) is 0 Å². The maximum Gasteiger partial charge on any atom is 0.205 e. The van der Waals surface area contributed by atoms with E-state index >= 15 is 0 Å². The van der Waals surface area contributed by atoms with Crippen molar-refractivity contribution in [3.05, 3.63) is 94.8 Å². The second-order valence-electron chi connectivity index (χ2n) is 7.45. The second kappa shape index (κ2) is 9.52. The quantitative estimate of drug-likeness (QED) is 0.458. The molecule has 2 N–H and O–H groups in total. The molecule has 3 heteroatoms. The molecule has 0 unspecified atom stereocenters. The fourth-order valence-corrected chi connectivity index (χ4v) is 3.08. The van der Waals surface area contributed by atoms with Gasteiger partial charge in [-0.3, -0.25) is 0 Å². The van der Waals surface area contributed by atoms with E-state index in [1.54, 1.807) is 0 Å². The first-order valence-corrected chi connectivity index (χ1v) is 9.80. The molecule has 0 amide bonds. The van der Waals surface area contributed by atoms with Gasteiger partial charge in [-0.15, -0.1) is 0 Å². The highest BCUT2D eigenvalue weighted by molar-refractivity contribution is 5.69. The minimum Gasteiger partial charge on any atom is -0.399 e. The number of anilines is 1. The number of benzene rings is 2. The summed E-state index contributed by atoms with van der Waals surface area (Å²) in [5.74, 6) is 0.521. The van der Waals surface area contributed by atoms with Crippen molar-refractivity contribution in [2.45, 2.75) is 20.4 Å². The summed E-state index contributed by atoms with van der Waals surface area (Å²) in [7, 11) is 0. The molecule has 0 aliphatic carbocycles. The first-order chi connectivity index (χ1) is 14.0. The van der Waals surface area contributed by atoms with Crippen molar-refractivity contribution in [3.63, 3.8) is 0 Å². The average Bonchev–Trinajstić information content (AvgIpc) is 2.73. The SMILES string of the molecule is CC(C)C[n+]1c(/C=C/c2ccc(N)cc2)cccc1/C=C/c1ccc(C#N)cc1. The Kier molecular flexibility index (Phi) is 6.60. The summed E-state index contributed by atoms with van der Waals surface area (Å²) in [5.41, 5.74) is 11.7. The van der Waals surface area contributed by atoms with Crippen molar-refractivity contribution in [1.29, 1.82) is 5.26 Å². The number of rotatable bonds is 6. The van der Waals surface area contributed by atoms with Gasteiger partial charge >= 0.3 is 0 Å². The molecule has 0 aliphatic heterocycles. The van der Waals surface area contributed by atoms with Crippen LogP contribution in [0.5, 0.6) is 0 Å². The van der Waals surface area contributed by atoms with Gasteiger partial charge in [-0.1, -0.05) is 38.1 Å². The summed E-state index contributed by atoms with van der Waals surface area (Å²) in [4.78, 5) is 0. The molecule has 0 aliphatic rings. The van der Waals surface area contributed by atoms with Crippen molar-refractivity contribution < 1.29 is 4.57 Å². The fraction of sp³-hybridized carbons (Fsp3) is 0.154. The van der Waals surface area contributed by atoms with Crippen LogP contribution in [0.4, 0.5) is 5.69 Å². The van der Waals surface area contributed by atoms with Crippen LogP contribution in [0.15, 0.2) is 66.7 Å². The molecule has 29 heavy (non-hydrogen) atoms. The lowest BCUT2D eigenvalue weighted by Gasteiger charge is -2.07. The third-order valence-corrected chi connectivity index (χ3v) is 4.57. The van der Waals surface area contributed by atoms with E-state index < -0.39 is 0 Å². The van der Waals surface area contributed by atoms with Crippen LogP contribution in [0.2, 0.25) is 0 Å². The van der Waals surface area contributed by atoms with Crippen molar-refractivity contribution in [1.82, 2.24) is 0 Å². The summed E-state index contributed by atoms with van der Waals surface area (Å²) in [6.45, 7) is 5.37. The standard InChI is InChI=1S/C26H25N3/c1-20(2)19-29-25(16-12-21-6-8-23(18-27)9-7-21)4-3-5-26(29)17-13-22-10-14-24(28)15-11-22/h3-17,20,28H,19H2,1-2H3/p+1/b16-12+. The molecule has 1 heterocycles. The van der Waals surface area contributed by atoms with Crippen LogP contribution in [0, 0.1) is 17.2 Å². The predicted octanol–water partition coefficient (Wildman–Crippen LogP) is 5.42. The van der Waals surface area contributed by atoms with Crippen LogP contribution in [0.1, 0.15) is 41.9 Å². The molecule has 3 rings (SSSR count). The number of nitrogens with two attached hydrogens (primary N) is 1. The highest BCUT2D eigenvalue weighted by atomic mass is 15.0. The van der Waals surface area contributed by atoms with E-state index in [-0.39, 0.29) is 0 Å². The Labute approximate surface area is 173 Å². The van der Waals surface area contributed by atoms with Gasteiger partial charge in [-0.25, -0.2) is 0 Å². The van der Waals surface area contributed by atoms with Gasteiger partial charge in [0.15, 0.2) is 6.54 Å². The van der Waals surface area contributed by atoms with Gasteiger partial charge in [-0.2, -0.15) is 9.83 Å². The zero-order valence-electron chi connectivity index (χ0n) is 16.9. The van der Waals surface area contributed by atoms with Gasteiger partial charge in [-0.05, 0) is 53.6 Å². The number of nitrogens with zero attached hydrogens (tertiary/aromatic N) is 2. The lowest BCUT2D eigenvalue weighted by molar-refractivity contribution is -0.705. The van der Waals surface area contributed by atoms with Gasteiger partial charge in [0.2, 0.25) is 11.4 Å². The summed E-state index contributed by atoms with van der Waals surface area (Å²) in [6, 6.07) is 24.0. The molecule has 2 aromatic carbocycles. The lowest BCUT2D eigenvalue weighted by atomic mass is 10.1. The minimum atomic E-state index is 0.521. The van der Waals surface area contributed by atoms with Crippen LogP contribution < -0.4 is 10.3 Å². The molecular formula is C26H26N3+. The normalized spacial score (nSPS) is 11.4. The number of aromatic nitrogens is 1. The molecule has 0 fully saturated rings. The van der Waals surface area contributed by atoms with Crippen molar-refractivity contribution >= 4 is 30.0 Å². The third kappa shape index (κ3) is 5.67. The average molecular weight is 381 g/mol. The zero-order valence-corrected chi connectivity index (χ0v) is 16.9.